The summed E-state index contributed by atoms with van der Waals surface area (Å²) in [6.07, 6.45) is 3.23. The number of aromatic nitrogens is 4. The van der Waals surface area contributed by atoms with E-state index in [0.717, 1.165) is 22.3 Å². The first kappa shape index (κ1) is 16.4. The number of carbonyl (C=O) groups is 1. The van der Waals surface area contributed by atoms with E-state index in [2.05, 4.69) is 28.1 Å². The molecule has 0 spiro atoms. The molecule has 3 aromatic rings. The average Bonchev–Trinajstić information content (AvgIpc) is 2.99. The van der Waals surface area contributed by atoms with E-state index in [-0.39, 0.29) is 11.2 Å². The fraction of sp³-hybridized carbons (Fsp3) is 0.294. The van der Waals surface area contributed by atoms with Crippen LogP contribution >= 0.6 is 11.8 Å². The van der Waals surface area contributed by atoms with Gasteiger partial charge in [-0.3, -0.25) is 4.79 Å². The normalized spacial score (nSPS) is 12.3. The van der Waals surface area contributed by atoms with Crippen molar-refractivity contribution in [3.05, 3.63) is 41.9 Å². The molecular formula is C17H18N4O2S. The molecule has 2 heterocycles. The monoisotopic (exact) mass is 342 g/mol. The molecule has 24 heavy (non-hydrogen) atoms. The molecule has 0 saturated carbocycles. The first-order valence-electron chi connectivity index (χ1n) is 7.52. The predicted molar refractivity (Wildman–Crippen MR) is 93.5 cm³/mol. The first-order valence-corrected chi connectivity index (χ1v) is 8.40. The number of rotatable bonds is 4. The van der Waals surface area contributed by atoms with Crippen LogP contribution < -0.4 is 0 Å². The third kappa shape index (κ3) is 2.99. The number of hydrogen-bond acceptors (Lipinski definition) is 6. The zero-order chi connectivity index (χ0) is 17.3. The van der Waals surface area contributed by atoms with Gasteiger partial charge in [0.1, 0.15) is 16.6 Å². The van der Waals surface area contributed by atoms with Crippen LogP contribution in [-0.4, -0.2) is 38.1 Å². The van der Waals surface area contributed by atoms with Crippen molar-refractivity contribution >= 4 is 28.8 Å². The van der Waals surface area contributed by atoms with E-state index in [1.165, 1.54) is 30.8 Å². The van der Waals surface area contributed by atoms with Crippen LogP contribution in [0.3, 0.4) is 0 Å². The number of aryl methyl sites for hydroxylation is 2. The van der Waals surface area contributed by atoms with Crippen molar-refractivity contribution in [3.63, 3.8) is 0 Å². The average molecular weight is 342 g/mol. The van der Waals surface area contributed by atoms with Crippen molar-refractivity contribution in [2.45, 2.75) is 31.0 Å². The van der Waals surface area contributed by atoms with Gasteiger partial charge < -0.3 is 4.74 Å². The topological polar surface area (TPSA) is 69.9 Å². The predicted octanol–water partition coefficient (Wildman–Crippen LogP) is 3.09. The maximum absolute atomic E-state index is 11.6. The third-order valence-electron chi connectivity index (χ3n) is 3.73. The Bertz CT molecular complexity index is 907. The summed E-state index contributed by atoms with van der Waals surface area (Å²) in [6.45, 7) is 5.90. The summed E-state index contributed by atoms with van der Waals surface area (Å²) >= 11 is 1.34. The molecule has 0 amide bonds. The number of benzene rings is 1. The van der Waals surface area contributed by atoms with Gasteiger partial charge in [0.2, 0.25) is 0 Å². The SMILES string of the molecule is COC(=O)[C@H](C)Sc1ncnc2c1cnn2-c1ccc(C)cc1C. The number of methoxy groups -OCH3 is 1. The largest absolute Gasteiger partial charge is 0.468 e. The van der Waals surface area contributed by atoms with Crippen LogP contribution in [0, 0.1) is 13.8 Å². The van der Waals surface area contributed by atoms with E-state index in [9.17, 15) is 4.79 Å². The van der Waals surface area contributed by atoms with E-state index in [4.69, 9.17) is 4.74 Å². The van der Waals surface area contributed by atoms with Gasteiger partial charge in [-0.05, 0) is 32.4 Å². The zero-order valence-corrected chi connectivity index (χ0v) is 14.8. The van der Waals surface area contributed by atoms with E-state index in [0.29, 0.717) is 5.03 Å². The minimum Gasteiger partial charge on any atom is -0.468 e. The number of nitrogens with zero attached hydrogens (tertiary/aromatic N) is 4. The van der Waals surface area contributed by atoms with Crippen LogP contribution in [0.2, 0.25) is 0 Å². The van der Waals surface area contributed by atoms with Gasteiger partial charge >= 0.3 is 5.97 Å². The molecule has 0 radical (unpaired) electrons. The van der Waals surface area contributed by atoms with Crippen molar-refractivity contribution in [1.29, 1.82) is 0 Å². The molecule has 124 valence electrons. The molecule has 1 aromatic carbocycles. The van der Waals surface area contributed by atoms with Crippen LogP contribution in [-0.2, 0) is 9.53 Å². The second kappa shape index (κ2) is 6.60. The summed E-state index contributed by atoms with van der Waals surface area (Å²) in [5.41, 5.74) is 4.02. The number of ether oxygens (including phenoxy) is 1. The lowest BCUT2D eigenvalue weighted by Crippen LogP contribution is -2.14. The Morgan fingerprint density at radius 2 is 2.08 bits per heavy atom. The molecule has 3 rings (SSSR count). The highest BCUT2D eigenvalue weighted by molar-refractivity contribution is 8.00. The van der Waals surface area contributed by atoms with Crippen LogP contribution in [0.1, 0.15) is 18.1 Å². The Hall–Kier alpha value is -2.41. The van der Waals surface area contributed by atoms with E-state index >= 15 is 0 Å². The second-order valence-electron chi connectivity index (χ2n) is 5.55. The van der Waals surface area contributed by atoms with Crippen molar-refractivity contribution in [3.8, 4) is 5.69 Å². The lowest BCUT2D eigenvalue weighted by atomic mass is 10.1. The summed E-state index contributed by atoms with van der Waals surface area (Å²) in [6, 6.07) is 6.19. The fourth-order valence-corrected chi connectivity index (χ4v) is 3.42. The molecule has 0 unspecified atom stereocenters. The van der Waals surface area contributed by atoms with Gasteiger partial charge in [-0.25, -0.2) is 14.6 Å². The molecule has 0 N–H and O–H groups in total. The van der Waals surface area contributed by atoms with Gasteiger partial charge in [-0.1, -0.05) is 29.5 Å². The quantitative estimate of drug-likeness (QED) is 0.412. The van der Waals surface area contributed by atoms with Crippen LogP contribution in [0.5, 0.6) is 0 Å². The first-order chi connectivity index (χ1) is 11.5. The molecule has 0 fully saturated rings. The summed E-state index contributed by atoms with van der Waals surface area (Å²) in [5, 5.41) is 5.66. The van der Waals surface area contributed by atoms with Gasteiger partial charge in [0.15, 0.2) is 5.65 Å². The standard InChI is InChI=1S/C17H18N4O2S/c1-10-5-6-14(11(2)7-10)21-15-13(8-20-21)16(19-9-18-15)24-12(3)17(22)23-4/h5-9,12H,1-4H3/t12-/m0/s1. The van der Waals surface area contributed by atoms with Gasteiger partial charge in [0, 0.05) is 0 Å². The van der Waals surface area contributed by atoms with Crippen molar-refractivity contribution < 1.29 is 9.53 Å². The molecule has 0 aliphatic carbocycles. The number of thioether (sulfide) groups is 1. The fourth-order valence-electron chi connectivity index (χ4n) is 2.52. The highest BCUT2D eigenvalue weighted by Gasteiger charge is 2.19. The molecule has 6 nitrogen and oxygen atoms in total. The van der Waals surface area contributed by atoms with E-state index < -0.39 is 0 Å². The lowest BCUT2D eigenvalue weighted by Gasteiger charge is -2.09. The van der Waals surface area contributed by atoms with Crippen molar-refractivity contribution in [2.24, 2.45) is 0 Å². The zero-order valence-electron chi connectivity index (χ0n) is 14.0. The number of hydrogen-bond donors (Lipinski definition) is 0. The number of carbonyl (C=O) groups excluding carboxylic acids is 1. The molecule has 7 heteroatoms. The molecule has 0 aliphatic rings. The van der Waals surface area contributed by atoms with Gasteiger partial charge in [0.05, 0.1) is 24.4 Å². The Labute approximate surface area is 144 Å². The molecule has 0 aliphatic heterocycles. The van der Waals surface area contributed by atoms with E-state index in [1.54, 1.807) is 17.8 Å². The smallest absolute Gasteiger partial charge is 0.318 e. The summed E-state index contributed by atoms with van der Waals surface area (Å²) in [5.74, 6) is -0.284. The van der Waals surface area contributed by atoms with Crippen LogP contribution in [0.25, 0.3) is 16.7 Å². The van der Waals surface area contributed by atoms with Crippen molar-refractivity contribution in [1.82, 2.24) is 19.7 Å². The Balaban J connectivity index is 2.05. The molecular weight excluding hydrogens is 324 g/mol. The minimum absolute atomic E-state index is 0.284. The Morgan fingerprint density at radius 3 is 2.79 bits per heavy atom. The summed E-state index contributed by atoms with van der Waals surface area (Å²) in [4.78, 5) is 20.3. The number of esters is 1. The highest BCUT2D eigenvalue weighted by atomic mass is 32.2. The third-order valence-corrected chi connectivity index (χ3v) is 4.83. The van der Waals surface area contributed by atoms with E-state index in [1.807, 2.05) is 19.1 Å². The second-order valence-corrected chi connectivity index (χ2v) is 6.88. The summed E-state index contributed by atoms with van der Waals surface area (Å²) in [7, 11) is 1.38. The Morgan fingerprint density at radius 1 is 1.29 bits per heavy atom. The van der Waals surface area contributed by atoms with Crippen LogP contribution in [0.15, 0.2) is 35.7 Å². The molecule has 1 atom stereocenters. The minimum atomic E-state index is -0.349. The highest BCUT2D eigenvalue weighted by Crippen LogP contribution is 2.29. The van der Waals surface area contributed by atoms with Crippen molar-refractivity contribution in [2.75, 3.05) is 7.11 Å². The maximum atomic E-state index is 11.6. The van der Waals surface area contributed by atoms with Gasteiger partial charge in [-0.2, -0.15) is 5.10 Å². The summed E-state index contributed by atoms with van der Waals surface area (Å²) < 4.78 is 6.58. The van der Waals surface area contributed by atoms with Crippen LogP contribution in [0.4, 0.5) is 0 Å². The molecule has 0 bridgehead atoms. The Kier molecular flexibility index (Phi) is 4.53. The molecule has 0 saturated heterocycles. The number of fused-ring (bicyclic) bond motifs is 1. The maximum Gasteiger partial charge on any atom is 0.318 e. The van der Waals surface area contributed by atoms with Gasteiger partial charge in [-0.15, -0.1) is 0 Å². The van der Waals surface area contributed by atoms with Gasteiger partial charge in [0.25, 0.3) is 0 Å². The molecule has 2 aromatic heterocycles. The lowest BCUT2D eigenvalue weighted by molar-refractivity contribution is -0.139.